The van der Waals surface area contributed by atoms with Crippen LogP contribution in [0.2, 0.25) is 0 Å². The standard InChI is InChI=1S/C26H22O2/c1-16-10-12-18(3)23-21(16)25(27)22-17(2)11-13-19(4)24(22)26(23,28)15-14-20-8-6-5-7-9-20/h5-13,28H,1-4H3. The Morgan fingerprint density at radius 2 is 1.18 bits per heavy atom. The van der Waals surface area contributed by atoms with Crippen molar-refractivity contribution in [1.82, 2.24) is 0 Å². The molecule has 4 rings (SSSR count). The van der Waals surface area contributed by atoms with E-state index >= 15 is 0 Å². The van der Waals surface area contributed by atoms with Crippen molar-refractivity contribution in [2.45, 2.75) is 33.3 Å². The molecule has 2 heteroatoms. The molecule has 0 spiro atoms. The molecule has 3 aromatic carbocycles. The van der Waals surface area contributed by atoms with Gasteiger partial charge < -0.3 is 5.11 Å². The highest BCUT2D eigenvalue weighted by atomic mass is 16.3. The third-order valence-corrected chi connectivity index (χ3v) is 5.58. The first-order valence-corrected chi connectivity index (χ1v) is 9.41. The van der Waals surface area contributed by atoms with Gasteiger partial charge in [-0.3, -0.25) is 4.79 Å². The van der Waals surface area contributed by atoms with Crippen molar-refractivity contribution in [1.29, 1.82) is 0 Å². The second-order valence-corrected chi connectivity index (χ2v) is 7.55. The summed E-state index contributed by atoms with van der Waals surface area (Å²) >= 11 is 0. The lowest BCUT2D eigenvalue weighted by molar-refractivity contribution is 0.0975. The number of aryl methyl sites for hydroxylation is 4. The monoisotopic (exact) mass is 366 g/mol. The predicted molar refractivity (Wildman–Crippen MR) is 112 cm³/mol. The Morgan fingerprint density at radius 3 is 1.68 bits per heavy atom. The zero-order chi connectivity index (χ0) is 20.1. The Kier molecular flexibility index (Phi) is 4.22. The summed E-state index contributed by atoms with van der Waals surface area (Å²) < 4.78 is 0. The van der Waals surface area contributed by atoms with Crippen LogP contribution in [0.5, 0.6) is 0 Å². The highest BCUT2D eigenvalue weighted by Crippen LogP contribution is 2.44. The maximum Gasteiger partial charge on any atom is 0.194 e. The minimum atomic E-state index is -1.54. The molecule has 0 atom stereocenters. The summed E-state index contributed by atoms with van der Waals surface area (Å²) in [5.41, 5.74) is 5.11. The van der Waals surface area contributed by atoms with Crippen LogP contribution in [0.15, 0.2) is 54.6 Å². The average Bonchev–Trinajstić information content (AvgIpc) is 2.69. The number of ketones is 1. The van der Waals surface area contributed by atoms with Crippen LogP contribution >= 0.6 is 0 Å². The molecule has 0 aromatic heterocycles. The van der Waals surface area contributed by atoms with Crippen molar-refractivity contribution in [3.8, 4) is 11.8 Å². The topological polar surface area (TPSA) is 37.3 Å². The number of hydrogen-bond donors (Lipinski definition) is 1. The maximum absolute atomic E-state index is 13.5. The Bertz CT molecular complexity index is 1110. The number of rotatable bonds is 0. The van der Waals surface area contributed by atoms with Crippen molar-refractivity contribution in [2.24, 2.45) is 0 Å². The molecule has 3 aromatic rings. The van der Waals surface area contributed by atoms with E-state index in [1.807, 2.05) is 82.3 Å². The summed E-state index contributed by atoms with van der Waals surface area (Å²) in [5, 5.41) is 12.0. The van der Waals surface area contributed by atoms with Crippen LogP contribution in [0.25, 0.3) is 0 Å². The van der Waals surface area contributed by atoms with Crippen LogP contribution in [0.4, 0.5) is 0 Å². The van der Waals surface area contributed by atoms with Gasteiger partial charge in [0.15, 0.2) is 11.4 Å². The lowest BCUT2D eigenvalue weighted by atomic mass is 9.69. The molecule has 1 aliphatic rings. The molecule has 0 bridgehead atoms. The molecular weight excluding hydrogens is 344 g/mol. The molecule has 28 heavy (non-hydrogen) atoms. The largest absolute Gasteiger partial charge is 0.369 e. The van der Waals surface area contributed by atoms with Crippen LogP contribution < -0.4 is 0 Å². The summed E-state index contributed by atoms with van der Waals surface area (Å²) in [5.74, 6) is 6.24. The van der Waals surface area contributed by atoms with Gasteiger partial charge in [0, 0.05) is 27.8 Å². The molecule has 0 radical (unpaired) electrons. The van der Waals surface area contributed by atoms with Crippen LogP contribution in [-0.4, -0.2) is 10.9 Å². The third-order valence-electron chi connectivity index (χ3n) is 5.58. The minimum absolute atomic E-state index is 0.0291. The van der Waals surface area contributed by atoms with Crippen LogP contribution in [0.3, 0.4) is 0 Å². The van der Waals surface area contributed by atoms with Gasteiger partial charge in [-0.1, -0.05) is 54.3 Å². The highest BCUT2D eigenvalue weighted by molar-refractivity contribution is 6.15. The number of benzene rings is 3. The van der Waals surface area contributed by atoms with Gasteiger partial charge in [-0.05, 0) is 62.1 Å². The molecular formula is C26H22O2. The summed E-state index contributed by atoms with van der Waals surface area (Å²) in [6.07, 6.45) is 0. The van der Waals surface area contributed by atoms with Crippen LogP contribution in [-0.2, 0) is 5.60 Å². The second kappa shape index (κ2) is 6.48. The molecule has 0 amide bonds. The van der Waals surface area contributed by atoms with Gasteiger partial charge in [0.05, 0.1) is 0 Å². The van der Waals surface area contributed by atoms with Gasteiger partial charge in [-0.25, -0.2) is 0 Å². The summed E-state index contributed by atoms with van der Waals surface area (Å²) in [6, 6.07) is 17.4. The molecule has 0 fully saturated rings. The van der Waals surface area contributed by atoms with Gasteiger partial charge in [0.25, 0.3) is 0 Å². The number of aliphatic hydroxyl groups is 1. The maximum atomic E-state index is 13.5. The fraction of sp³-hybridized carbons (Fsp3) is 0.192. The Morgan fingerprint density at radius 1 is 0.714 bits per heavy atom. The first-order valence-electron chi connectivity index (χ1n) is 9.41. The fourth-order valence-corrected chi connectivity index (χ4v) is 4.20. The quantitative estimate of drug-likeness (QED) is 0.583. The number of carbonyl (C=O) groups excluding carboxylic acids is 1. The second-order valence-electron chi connectivity index (χ2n) is 7.55. The highest BCUT2D eigenvalue weighted by Gasteiger charge is 2.44. The minimum Gasteiger partial charge on any atom is -0.369 e. The summed E-state index contributed by atoms with van der Waals surface area (Å²) in [4.78, 5) is 13.5. The predicted octanol–water partition coefficient (Wildman–Crippen LogP) is 4.75. The summed E-state index contributed by atoms with van der Waals surface area (Å²) in [7, 11) is 0. The number of carbonyl (C=O) groups is 1. The molecule has 138 valence electrons. The molecule has 0 saturated carbocycles. The molecule has 0 unspecified atom stereocenters. The normalized spacial score (nSPS) is 14.0. The lowest BCUT2D eigenvalue weighted by Crippen LogP contribution is -2.37. The van der Waals surface area contributed by atoms with Crippen LogP contribution in [0, 0.1) is 39.5 Å². The van der Waals surface area contributed by atoms with E-state index in [0.29, 0.717) is 22.3 Å². The van der Waals surface area contributed by atoms with E-state index in [2.05, 4.69) is 11.8 Å². The summed E-state index contributed by atoms with van der Waals surface area (Å²) in [6.45, 7) is 7.68. The average molecular weight is 366 g/mol. The molecule has 0 heterocycles. The third kappa shape index (κ3) is 2.59. The Labute approximate surface area is 165 Å². The van der Waals surface area contributed by atoms with E-state index in [1.165, 1.54) is 0 Å². The Balaban J connectivity index is 2.12. The van der Waals surface area contributed by atoms with E-state index in [9.17, 15) is 9.90 Å². The number of hydrogen-bond acceptors (Lipinski definition) is 2. The zero-order valence-electron chi connectivity index (χ0n) is 16.6. The van der Waals surface area contributed by atoms with Crippen molar-refractivity contribution < 1.29 is 9.90 Å². The van der Waals surface area contributed by atoms with Gasteiger partial charge in [0.1, 0.15) is 0 Å². The van der Waals surface area contributed by atoms with Crippen molar-refractivity contribution in [2.75, 3.05) is 0 Å². The molecule has 2 nitrogen and oxygen atoms in total. The first-order chi connectivity index (χ1) is 13.3. The van der Waals surface area contributed by atoms with Gasteiger partial charge in [0.2, 0.25) is 0 Å². The van der Waals surface area contributed by atoms with Gasteiger partial charge >= 0.3 is 0 Å². The van der Waals surface area contributed by atoms with Crippen LogP contribution in [0.1, 0.15) is 54.9 Å². The fourth-order valence-electron chi connectivity index (χ4n) is 4.20. The van der Waals surface area contributed by atoms with E-state index < -0.39 is 5.60 Å². The Hall–Kier alpha value is -3.15. The lowest BCUT2D eigenvalue weighted by Gasteiger charge is -2.36. The molecule has 1 aliphatic carbocycles. The van der Waals surface area contributed by atoms with E-state index in [-0.39, 0.29) is 5.78 Å². The van der Waals surface area contributed by atoms with E-state index in [0.717, 1.165) is 27.8 Å². The molecule has 1 N–H and O–H groups in total. The smallest absolute Gasteiger partial charge is 0.194 e. The molecule has 0 aliphatic heterocycles. The van der Waals surface area contributed by atoms with Gasteiger partial charge in [-0.15, -0.1) is 0 Å². The zero-order valence-corrected chi connectivity index (χ0v) is 16.6. The van der Waals surface area contributed by atoms with E-state index in [1.54, 1.807) is 0 Å². The van der Waals surface area contributed by atoms with Crippen molar-refractivity contribution in [3.63, 3.8) is 0 Å². The molecule has 0 saturated heterocycles. The van der Waals surface area contributed by atoms with Crippen molar-refractivity contribution in [3.05, 3.63) is 105 Å². The number of fused-ring (bicyclic) bond motifs is 2. The first kappa shape index (κ1) is 18.2. The SMILES string of the molecule is Cc1ccc(C)c2c1C(=O)c1c(C)ccc(C)c1C2(O)C#Cc1ccccc1. The van der Waals surface area contributed by atoms with E-state index in [4.69, 9.17) is 0 Å². The van der Waals surface area contributed by atoms with Gasteiger partial charge in [-0.2, -0.15) is 0 Å². The van der Waals surface area contributed by atoms with Crippen molar-refractivity contribution >= 4 is 5.78 Å².